The molecule has 62 valence electrons. The van der Waals surface area contributed by atoms with E-state index < -0.39 is 0 Å². The SMILES string of the molecule is C#Cc1cccc(C[C@H](C)O)c1. The summed E-state index contributed by atoms with van der Waals surface area (Å²) in [6.07, 6.45) is 5.59. The first-order valence-corrected chi connectivity index (χ1v) is 3.96. The van der Waals surface area contributed by atoms with Crippen molar-refractivity contribution >= 4 is 0 Å². The number of benzene rings is 1. The van der Waals surface area contributed by atoms with Gasteiger partial charge in [-0.15, -0.1) is 6.42 Å². The Kier molecular flexibility index (Phi) is 2.90. The van der Waals surface area contributed by atoms with Gasteiger partial charge in [-0.25, -0.2) is 0 Å². The molecule has 0 heterocycles. The third kappa shape index (κ3) is 2.41. The van der Waals surface area contributed by atoms with Gasteiger partial charge in [0.15, 0.2) is 0 Å². The highest BCUT2D eigenvalue weighted by Crippen LogP contribution is 2.06. The third-order valence-corrected chi connectivity index (χ3v) is 1.62. The average molecular weight is 160 g/mol. The van der Waals surface area contributed by atoms with E-state index in [-0.39, 0.29) is 6.10 Å². The molecule has 1 rings (SSSR count). The Hall–Kier alpha value is -1.26. The second-order valence-electron chi connectivity index (χ2n) is 2.90. The molecule has 1 atom stereocenters. The van der Waals surface area contributed by atoms with Crippen molar-refractivity contribution in [2.45, 2.75) is 19.4 Å². The minimum absolute atomic E-state index is 0.307. The molecular weight excluding hydrogens is 148 g/mol. The molecule has 0 unspecified atom stereocenters. The first kappa shape index (κ1) is 8.83. The van der Waals surface area contributed by atoms with Gasteiger partial charge >= 0.3 is 0 Å². The normalized spacial score (nSPS) is 12.1. The van der Waals surface area contributed by atoms with Crippen LogP contribution in [0.25, 0.3) is 0 Å². The molecule has 0 spiro atoms. The fourth-order valence-electron chi connectivity index (χ4n) is 1.13. The van der Waals surface area contributed by atoms with Gasteiger partial charge in [-0.3, -0.25) is 0 Å². The summed E-state index contributed by atoms with van der Waals surface area (Å²) in [5.74, 6) is 2.56. The lowest BCUT2D eigenvalue weighted by Gasteiger charge is -2.03. The largest absolute Gasteiger partial charge is 0.393 e. The Labute approximate surface area is 73.0 Å². The molecule has 0 saturated heterocycles. The van der Waals surface area contributed by atoms with Gasteiger partial charge in [0, 0.05) is 5.56 Å². The third-order valence-electron chi connectivity index (χ3n) is 1.62. The summed E-state index contributed by atoms with van der Waals surface area (Å²) >= 11 is 0. The Balaban J connectivity index is 2.81. The van der Waals surface area contributed by atoms with E-state index in [0.717, 1.165) is 11.1 Å². The molecule has 0 bridgehead atoms. The van der Waals surface area contributed by atoms with Gasteiger partial charge in [0.05, 0.1) is 6.10 Å². The smallest absolute Gasteiger partial charge is 0.0552 e. The van der Waals surface area contributed by atoms with Crippen LogP contribution in [0.2, 0.25) is 0 Å². The Morgan fingerprint density at radius 3 is 2.92 bits per heavy atom. The summed E-state index contributed by atoms with van der Waals surface area (Å²) in [7, 11) is 0. The standard InChI is InChI=1S/C11H12O/c1-3-10-5-4-6-11(8-10)7-9(2)12/h1,4-6,8-9,12H,7H2,2H3/t9-/m0/s1. The van der Waals surface area contributed by atoms with Gasteiger partial charge in [-0.05, 0) is 31.0 Å². The minimum Gasteiger partial charge on any atom is -0.393 e. The van der Waals surface area contributed by atoms with Crippen LogP contribution in [-0.2, 0) is 6.42 Å². The molecule has 1 N–H and O–H groups in total. The van der Waals surface area contributed by atoms with Gasteiger partial charge in [-0.2, -0.15) is 0 Å². The lowest BCUT2D eigenvalue weighted by atomic mass is 10.1. The Morgan fingerprint density at radius 2 is 2.33 bits per heavy atom. The summed E-state index contributed by atoms with van der Waals surface area (Å²) in [6.45, 7) is 1.77. The van der Waals surface area contributed by atoms with Crippen molar-refractivity contribution in [1.29, 1.82) is 0 Å². The van der Waals surface area contributed by atoms with E-state index in [1.165, 1.54) is 0 Å². The van der Waals surface area contributed by atoms with Crippen LogP contribution >= 0.6 is 0 Å². The van der Waals surface area contributed by atoms with Crippen LogP contribution in [0.5, 0.6) is 0 Å². The summed E-state index contributed by atoms with van der Waals surface area (Å²) in [5, 5.41) is 9.12. The van der Waals surface area contributed by atoms with Gasteiger partial charge in [-0.1, -0.05) is 18.1 Å². The van der Waals surface area contributed by atoms with Crippen LogP contribution in [0.15, 0.2) is 24.3 Å². The summed E-state index contributed by atoms with van der Waals surface area (Å²) in [4.78, 5) is 0. The maximum atomic E-state index is 9.12. The van der Waals surface area contributed by atoms with E-state index in [0.29, 0.717) is 6.42 Å². The number of hydrogen-bond acceptors (Lipinski definition) is 1. The Bertz CT molecular complexity index is 294. The van der Waals surface area contributed by atoms with E-state index in [4.69, 9.17) is 11.5 Å². The number of terminal acetylenes is 1. The highest BCUT2D eigenvalue weighted by molar-refractivity contribution is 5.35. The van der Waals surface area contributed by atoms with Crippen LogP contribution in [0.3, 0.4) is 0 Å². The Morgan fingerprint density at radius 1 is 1.58 bits per heavy atom. The topological polar surface area (TPSA) is 20.2 Å². The number of hydrogen-bond donors (Lipinski definition) is 1. The van der Waals surface area contributed by atoms with Crippen molar-refractivity contribution in [3.05, 3.63) is 35.4 Å². The molecule has 0 aliphatic heterocycles. The van der Waals surface area contributed by atoms with Crippen LogP contribution in [0.4, 0.5) is 0 Å². The molecule has 1 nitrogen and oxygen atoms in total. The highest BCUT2D eigenvalue weighted by atomic mass is 16.3. The van der Waals surface area contributed by atoms with E-state index in [1.54, 1.807) is 6.92 Å². The zero-order valence-corrected chi connectivity index (χ0v) is 7.12. The lowest BCUT2D eigenvalue weighted by Crippen LogP contribution is -2.03. The van der Waals surface area contributed by atoms with Gasteiger partial charge in [0.1, 0.15) is 0 Å². The summed E-state index contributed by atoms with van der Waals surface area (Å²) < 4.78 is 0. The predicted molar refractivity (Wildman–Crippen MR) is 49.8 cm³/mol. The molecule has 1 aromatic rings. The molecule has 0 aromatic heterocycles. The van der Waals surface area contributed by atoms with Crippen molar-refractivity contribution in [2.24, 2.45) is 0 Å². The zero-order chi connectivity index (χ0) is 8.97. The van der Waals surface area contributed by atoms with Crippen LogP contribution in [0.1, 0.15) is 18.1 Å². The number of aliphatic hydroxyl groups excluding tert-OH is 1. The van der Waals surface area contributed by atoms with Gasteiger partial charge in [0.25, 0.3) is 0 Å². The van der Waals surface area contributed by atoms with Crippen LogP contribution in [0, 0.1) is 12.3 Å². The van der Waals surface area contributed by atoms with Crippen molar-refractivity contribution in [1.82, 2.24) is 0 Å². The molecule has 0 aliphatic carbocycles. The van der Waals surface area contributed by atoms with Crippen molar-refractivity contribution < 1.29 is 5.11 Å². The molecule has 0 saturated carbocycles. The maximum absolute atomic E-state index is 9.12. The lowest BCUT2D eigenvalue weighted by molar-refractivity contribution is 0.195. The average Bonchev–Trinajstić information content (AvgIpc) is 2.03. The monoisotopic (exact) mass is 160 g/mol. The van der Waals surface area contributed by atoms with Gasteiger partial charge < -0.3 is 5.11 Å². The van der Waals surface area contributed by atoms with Crippen LogP contribution in [-0.4, -0.2) is 11.2 Å². The van der Waals surface area contributed by atoms with Gasteiger partial charge in [0.2, 0.25) is 0 Å². The minimum atomic E-state index is -0.307. The molecule has 0 fully saturated rings. The van der Waals surface area contributed by atoms with Crippen molar-refractivity contribution in [3.63, 3.8) is 0 Å². The number of aliphatic hydroxyl groups is 1. The molecular formula is C11H12O. The molecule has 0 radical (unpaired) electrons. The predicted octanol–water partition coefficient (Wildman–Crippen LogP) is 1.59. The van der Waals surface area contributed by atoms with Crippen molar-refractivity contribution in [2.75, 3.05) is 0 Å². The molecule has 0 amide bonds. The zero-order valence-electron chi connectivity index (χ0n) is 7.12. The van der Waals surface area contributed by atoms with E-state index in [2.05, 4.69) is 5.92 Å². The molecule has 1 heteroatoms. The van der Waals surface area contributed by atoms with E-state index >= 15 is 0 Å². The maximum Gasteiger partial charge on any atom is 0.0552 e. The van der Waals surface area contributed by atoms with Crippen molar-refractivity contribution in [3.8, 4) is 12.3 Å². The molecule has 1 aromatic carbocycles. The first-order chi connectivity index (χ1) is 5.72. The quantitative estimate of drug-likeness (QED) is 0.651. The first-order valence-electron chi connectivity index (χ1n) is 3.96. The summed E-state index contributed by atoms with van der Waals surface area (Å²) in [6, 6.07) is 7.68. The second kappa shape index (κ2) is 3.94. The molecule has 0 aliphatic rings. The van der Waals surface area contributed by atoms with E-state index in [1.807, 2.05) is 24.3 Å². The fourth-order valence-corrected chi connectivity index (χ4v) is 1.13. The summed E-state index contributed by atoms with van der Waals surface area (Å²) in [5.41, 5.74) is 1.95. The van der Waals surface area contributed by atoms with E-state index in [9.17, 15) is 0 Å². The van der Waals surface area contributed by atoms with Crippen LogP contribution < -0.4 is 0 Å². The number of rotatable bonds is 2. The highest BCUT2D eigenvalue weighted by Gasteiger charge is 1.98. The second-order valence-corrected chi connectivity index (χ2v) is 2.90. The molecule has 12 heavy (non-hydrogen) atoms. The fraction of sp³-hybridized carbons (Fsp3) is 0.273.